The lowest BCUT2D eigenvalue weighted by atomic mass is 9.96. The SMILES string of the molecule is C.C.C.C.C.C.C.C=C(C)C(=O)OCCN=C=O.C=C(C)C(=O)OCCNC(=O)OCC(F)(F)OC(F)(F)COF.C=C(C)C(=O)OCCNC(=O)OCCF.COC(OC)(C(=O)c1ccccc1)c1ccccc1.FCOC(F)(F)OC(F)(F)C(F)(F)OF.OCCF.OCF. The number of hydrogen-bond donors (Lipinski definition) is 4. The van der Waals surface area contributed by atoms with Crippen molar-refractivity contribution in [2.75, 3.05) is 107 Å². The molecule has 0 aliphatic heterocycles. The number of benzene rings is 2. The Labute approximate surface area is 552 Å². The number of aliphatic hydroxyl groups excluding tert-OH is 2. The zero-order valence-electron chi connectivity index (χ0n) is 47.9. The van der Waals surface area contributed by atoms with Crippen LogP contribution in [-0.4, -0.2) is 190 Å². The minimum atomic E-state index is -6.04. The number of esters is 3. The van der Waals surface area contributed by atoms with E-state index in [1.54, 1.807) is 19.1 Å². The van der Waals surface area contributed by atoms with Crippen LogP contribution in [0, 0.1) is 0 Å². The lowest BCUT2D eigenvalue weighted by Gasteiger charge is -2.29. The first-order valence-corrected chi connectivity index (χ1v) is 23.9. The zero-order chi connectivity index (χ0) is 70.6. The number of isocyanates is 1. The zero-order valence-corrected chi connectivity index (χ0v) is 47.9. The maximum atomic E-state index is 12.9. The fourth-order valence-corrected chi connectivity index (χ4v) is 4.34. The third-order valence-corrected chi connectivity index (χ3v) is 8.01. The fraction of sp³-hybridized carbons (Fsp3) is 0.561. The van der Waals surface area contributed by atoms with Gasteiger partial charge in [0.1, 0.15) is 39.8 Å². The van der Waals surface area contributed by atoms with Gasteiger partial charge in [0.15, 0.2) is 26.9 Å². The second kappa shape index (κ2) is 65.5. The molecule has 0 aromatic heterocycles. The molecule has 40 heteroatoms. The van der Waals surface area contributed by atoms with E-state index in [-0.39, 0.29) is 122 Å². The van der Waals surface area contributed by atoms with Gasteiger partial charge < -0.3 is 54.0 Å². The summed E-state index contributed by atoms with van der Waals surface area (Å²) in [4.78, 5) is 83.5. The number of ketones is 1. The number of alkyl halides is 14. The van der Waals surface area contributed by atoms with E-state index in [0.717, 1.165) is 0 Å². The molecule has 2 aromatic carbocycles. The summed E-state index contributed by atoms with van der Waals surface area (Å²) >= 11 is 0. The fourth-order valence-electron chi connectivity index (χ4n) is 4.34. The van der Waals surface area contributed by atoms with Crippen molar-refractivity contribution >= 4 is 42.0 Å². The van der Waals surface area contributed by atoms with Crippen LogP contribution in [0.1, 0.15) is 88.7 Å². The summed E-state index contributed by atoms with van der Waals surface area (Å²) in [6.07, 6.45) is -27.4. The van der Waals surface area contributed by atoms with Crippen molar-refractivity contribution in [3.05, 3.63) is 108 Å². The minimum absolute atomic E-state index is 0. The molecule has 0 saturated carbocycles. The Morgan fingerprint density at radius 1 is 0.546 bits per heavy atom. The highest BCUT2D eigenvalue weighted by Gasteiger charge is 2.66. The minimum Gasteiger partial charge on any atom is -0.460 e. The molecule has 4 N–H and O–H groups in total. The van der Waals surface area contributed by atoms with Crippen LogP contribution < -0.4 is 10.6 Å². The van der Waals surface area contributed by atoms with Crippen molar-refractivity contribution in [3.63, 3.8) is 0 Å². The molecule has 0 spiro atoms. The van der Waals surface area contributed by atoms with Gasteiger partial charge in [-0.2, -0.15) is 40.1 Å². The number of aliphatic hydroxyl groups is 2. The van der Waals surface area contributed by atoms with Crippen molar-refractivity contribution < 1.29 is 172 Å². The van der Waals surface area contributed by atoms with Crippen LogP contribution in [0.15, 0.2) is 102 Å². The molecule has 0 bridgehead atoms. The number of carbonyl (C=O) groups excluding carboxylic acids is 7. The van der Waals surface area contributed by atoms with Gasteiger partial charge in [0, 0.05) is 42.1 Å². The first kappa shape index (κ1) is 116. The maximum absolute atomic E-state index is 12.9. The topological polar surface area (TPSA) is 307 Å². The normalized spacial score (nSPS) is 10.1. The molecule has 0 aliphatic rings. The van der Waals surface area contributed by atoms with Crippen LogP contribution in [0.25, 0.3) is 0 Å². The van der Waals surface area contributed by atoms with E-state index in [0.29, 0.717) is 16.7 Å². The summed E-state index contributed by atoms with van der Waals surface area (Å²) in [6.45, 7) is 4.89. The highest BCUT2D eigenvalue weighted by Crippen LogP contribution is 2.41. The first-order chi connectivity index (χ1) is 41.9. The lowest BCUT2D eigenvalue weighted by Crippen LogP contribution is -2.48. The van der Waals surface area contributed by atoms with Crippen molar-refractivity contribution in [2.24, 2.45) is 4.99 Å². The Bertz CT molecular complexity index is 2420. The van der Waals surface area contributed by atoms with E-state index in [1.165, 1.54) is 39.1 Å². The van der Waals surface area contributed by atoms with E-state index in [1.807, 2.05) is 53.8 Å². The van der Waals surface area contributed by atoms with Gasteiger partial charge >= 0.3 is 60.8 Å². The van der Waals surface area contributed by atoms with Crippen LogP contribution >= 0.6 is 0 Å². The predicted octanol–water partition coefficient (Wildman–Crippen LogP) is 13.1. The molecule has 24 nitrogen and oxygen atoms in total. The molecule has 0 fully saturated rings. The highest BCUT2D eigenvalue weighted by atomic mass is 19.4. The maximum Gasteiger partial charge on any atom is 0.492 e. The first-order valence-electron chi connectivity index (χ1n) is 23.9. The number of amides is 2. The summed E-state index contributed by atoms with van der Waals surface area (Å²) in [6, 6.07) is 18.2. The number of methoxy groups -OCH3 is 2. The Hall–Kier alpha value is -7.82. The number of aliphatic imine (C=N–C) groups is 1. The average molecular weight is 1460 g/mol. The number of Topliss-reactive ketones (excluding diaryl/α,β-unsaturated/α-hetero) is 1. The predicted molar refractivity (Wildman–Crippen MR) is 319 cm³/mol. The number of ether oxygens (including phenoxy) is 10. The Kier molecular flexibility index (Phi) is 78.6. The number of halogens is 16. The molecule has 0 heterocycles. The molecule has 0 aliphatic carbocycles. The van der Waals surface area contributed by atoms with Gasteiger partial charge in [-0.1, -0.05) is 132 Å². The molecule has 97 heavy (non-hydrogen) atoms. The monoisotopic (exact) mass is 1460 g/mol. The standard InChI is InChI=1S/C16H16O3.C11H14F5NO6.C9H14FNO4.C7H9NO3.C4H2F8O3.C2H5FO.CH3FO.7CH4/c1-18-16(19-2,14-11-7-4-8-12-14)15(17)13-9-5-3-6-10-13;1-7(2)8(18)20-4-3-17-9(19)21-5-10(12,13)23-11(14,15)6-22-16;1-7(2)8(12)14-6-4-11-9(13)15-5-3-10;1-6(2)7(10)11-4-3-8-5-9;5-1-13-4(10,11)14-2(6,7)3(8,9)15-12;3-1-2-4;2-1-3;;;;;;;/h3-12H,1-2H3;1,3-6H2,2H3,(H,17,19);1,3-6H2,2H3,(H,11,13);1,3-4H2,2H3;1H2;4H,1-2H2;3H,1H2;7*1H4. The van der Waals surface area contributed by atoms with Gasteiger partial charge in [0.05, 0.1) is 26.2 Å². The molecule has 0 radical (unpaired) electrons. The van der Waals surface area contributed by atoms with E-state index in [9.17, 15) is 104 Å². The van der Waals surface area contributed by atoms with Crippen LogP contribution in [0.4, 0.5) is 80.1 Å². The van der Waals surface area contributed by atoms with E-state index in [2.05, 4.69) is 72.9 Å². The van der Waals surface area contributed by atoms with Gasteiger partial charge in [0.25, 0.3) is 5.79 Å². The molecular weight excluding hydrogens is 1370 g/mol. The summed E-state index contributed by atoms with van der Waals surface area (Å²) < 4.78 is 228. The number of nitrogens with one attached hydrogen (secondary N) is 2. The number of hydrogen-bond acceptors (Lipinski definition) is 22. The van der Waals surface area contributed by atoms with Gasteiger partial charge in [-0.25, -0.2) is 56.1 Å². The summed E-state index contributed by atoms with van der Waals surface area (Å²) in [7, 11) is 2.94. The van der Waals surface area contributed by atoms with Crippen LogP contribution in [0.5, 0.6) is 0 Å². The number of carbonyl (C=O) groups is 6. The van der Waals surface area contributed by atoms with Crippen LogP contribution in [0.3, 0.4) is 0 Å². The largest absolute Gasteiger partial charge is 0.492 e. The molecule has 572 valence electrons. The quantitative estimate of drug-likeness (QED) is 0.00609. The summed E-state index contributed by atoms with van der Waals surface area (Å²) in [5.74, 6) is -3.33. The van der Waals surface area contributed by atoms with Gasteiger partial charge in [-0.15, -0.1) is 13.7 Å². The Balaban J connectivity index is -0.0000000905. The van der Waals surface area contributed by atoms with Gasteiger partial charge in [-0.05, 0) is 29.8 Å². The molecular formula is C57H91F16N3O21. The molecule has 2 amide bonds. The lowest BCUT2D eigenvalue weighted by molar-refractivity contribution is -0.548. The Morgan fingerprint density at radius 2 is 0.928 bits per heavy atom. The average Bonchev–Trinajstić information content (AvgIpc) is 0.800. The molecule has 0 unspecified atom stereocenters. The van der Waals surface area contributed by atoms with Crippen molar-refractivity contribution in [2.45, 2.75) is 109 Å². The van der Waals surface area contributed by atoms with Crippen LogP contribution in [0.2, 0.25) is 0 Å². The number of alkyl carbamates (subject to hydrolysis) is 2. The second-order valence-corrected chi connectivity index (χ2v) is 15.2. The van der Waals surface area contributed by atoms with Crippen molar-refractivity contribution in [3.8, 4) is 0 Å². The third kappa shape index (κ3) is 59.2. The summed E-state index contributed by atoms with van der Waals surface area (Å²) in [5, 5.41) is 18.6. The third-order valence-electron chi connectivity index (χ3n) is 8.01. The van der Waals surface area contributed by atoms with Crippen molar-refractivity contribution in [1.82, 2.24) is 10.6 Å². The second-order valence-electron chi connectivity index (χ2n) is 15.2. The molecule has 2 rings (SSSR count). The van der Waals surface area contributed by atoms with E-state index < -0.39 is 107 Å². The number of rotatable bonds is 32. The molecule has 0 saturated heterocycles. The smallest absolute Gasteiger partial charge is 0.460 e. The van der Waals surface area contributed by atoms with Gasteiger partial charge in [0.2, 0.25) is 11.9 Å². The van der Waals surface area contributed by atoms with E-state index >= 15 is 0 Å². The van der Waals surface area contributed by atoms with Gasteiger partial charge in [-0.3, -0.25) is 14.3 Å². The number of nitrogens with zero attached hydrogens (tertiary/aromatic N) is 1. The van der Waals surface area contributed by atoms with E-state index in [4.69, 9.17) is 19.7 Å². The van der Waals surface area contributed by atoms with Crippen LogP contribution in [-0.2, 0) is 82.2 Å². The molecule has 2 aromatic rings. The highest BCUT2D eigenvalue weighted by molar-refractivity contribution is 6.02. The summed E-state index contributed by atoms with van der Waals surface area (Å²) in [5.41, 5.74) is 1.96. The Morgan fingerprint density at radius 3 is 1.27 bits per heavy atom. The van der Waals surface area contributed by atoms with Crippen molar-refractivity contribution in [1.29, 1.82) is 0 Å². The molecule has 0 atom stereocenters.